The van der Waals surface area contributed by atoms with Gasteiger partial charge in [-0.25, -0.2) is 0 Å². The predicted octanol–water partition coefficient (Wildman–Crippen LogP) is 1.33. The Morgan fingerprint density at radius 2 is 2.10 bits per heavy atom. The molecule has 3 fully saturated rings. The van der Waals surface area contributed by atoms with Gasteiger partial charge < -0.3 is 4.74 Å². The first-order valence-corrected chi connectivity index (χ1v) is 3.65. The first-order valence-electron chi connectivity index (χ1n) is 3.65. The molecule has 54 valence electrons. The third kappa shape index (κ3) is 0.518. The van der Waals surface area contributed by atoms with Crippen molar-refractivity contribution < 1.29 is 4.74 Å². The van der Waals surface area contributed by atoms with E-state index in [2.05, 4.69) is 6.07 Å². The normalized spacial score (nSPS) is 48.8. The van der Waals surface area contributed by atoms with E-state index < -0.39 is 0 Å². The van der Waals surface area contributed by atoms with Crippen LogP contribution in [0.25, 0.3) is 0 Å². The summed E-state index contributed by atoms with van der Waals surface area (Å²) in [6.07, 6.45) is 3.26. The van der Waals surface area contributed by atoms with Crippen LogP contribution in [0, 0.1) is 22.2 Å². The van der Waals surface area contributed by atoms with Gasteiger partial charge in [0.1, 0.15) is 0 Å². The Hall–Kier alpha value is -0.550. The van der Waals surface area contributed by atoms with Crippen LogP contribution in [0.4, 0.5) is 0 Å². The SMILES string of the molecule is COCC12CC(C#N)(C1)C2. The predicted molar refractivity (Wildman–Crippen MR) is 36.2 cm³/mol. The first-order chi connectivity index (χ1) is 4.74. The van der Waals surface area contributed by atoms with Gasteiger partial charge in [0.2, 0.25) is 0 Å². The minimum atomic E-state index is 0.0958. The van der Waals surface area contributed by atoms with E-state index >= 15 is 0 Å². The standard InChI is InChI=1S/C8H11NO/c1-10-6-8-2-7(3-8,4-8)5-9/h2-4,6H2,1H3. The molecule has 3 aliphatic carbocycles. The van der Waals surface area contributed by atoms with Crippen molar-refractivity contribution in [2.75, 3.05) is 13.7 Å². The molecule has 3 saturated carbocycles. The highest BCUT2D eigenvalue weighted by Gasteiger charge is 2.68. The van der Waals surface area contributed by atoms with Gasteiger partial charge >= 0.3 is 0 Å². The maximum absolute atomic E-state index is 8.68. The van der Waals surface area contributed by atoms with Crippen LogP contribution in [0.15, 0.2) is 0 Å². The molecule has 0 aliphatic heterocycles. The number of ether oxygens (including phenoxy) is 1. The number of hydrogen-bond donors (Lipinski definition) is 0. The molecule has 0 aromatic carbocycles. The fourth-order valence-electron chi connectivity index (χ4n) is 2.58. The van der Waals surface area contributed by atoms with E-state index in [0.717, 1.165) is 25.9 Å². The summed E-state index contributed by atoms with van der Waals surface area (Å²) in [6, 6.07) is 2.37. The van der Waals surface area contributed by atoms with Crippen LogP contribution in [0.3, 0.4) is 0 Å². The first kappa shape index (κ1) is 6.18. The molecule has 2 heteroatoms. The molecular weight excluding hydrogens is 126 g/mol. The Kier molecular flexibility index (Phi) is 0.952. The molecule has 0 N–H and O–H groups in total. The second-order valence-corrected chi connectivity index (χ2v) is 3.86. The van der Waals surface area contributed by atoms with E-state index in [9.17, 15) is 0 Å². The fraction of sp³-hybridized carbons (Fsp3) is 0.875. The average molecular weight is 137 g/mol. The van der Waals surface area contributed by atoms with Crippen LogP contribution in [0.1, 0.15) is 19.3 Å². The van der Waals surface area contributed by atoms with Crippen LogP contribution >= 0.6 is 0 Å². The van der Waals surface area contributed by atoms with Gasteiger partial charge in [-0.05, 0) is 24.7 Å². The van der Waals surface area contributed by atoms with Crippen molar-refractivity contribution in [1.82, 2.24) is 0 Å². The highest BCUT2D eigenvalue weighted by molar-refractivity contribution is 5.25. The second kappa shape index (κ2) is 1.54. The number of nitriles is 1. The molecular formula is C8H11NO. The Morgan fingerprint density at radius 1 is 1.50 bits per heavy atom. The van der Waals surface area contributed by atoms with Crippen molar-refractivity contribution in [3.05, 3.63) is 0 Å². The molecule has 0 spiro atoms. The summed E-state index contributed by atoms with van der Waals surface area (Å²) >= 11 is 0. The van der Waals surface area contributed by atoms with Gasteiger partial charge in [0, 0.05) is 7.11 Å². The Bertz CT molecular complexity index is 184. The van der Waals surface area contributed by atoms with Crippen molar-refractivity contribution in [1.29, 1.82) is 5.26 Å². The van der Waals surface area contributed by atoms with Crippen molar-refractivity contribution in [2.45, 2.75) is 19.3 Å². The number of nitrogens with zero attached hydrogens (tertiary/aromatic N) is 1. The number of rotatable bonds is 2. The van der Waals surface area contributed by atoms with Crippen LogP contribution in [0.2, 0.25) is 0 Å². The summed E-state index contributed by atoms with van der Waals surface area (Å²) in [6.45, 7) is 0.858. The summed E-state index contributed by atoms with van der Waals surface area (Å²) in [5, 5.41) is 8.68. The lowest BCUT2D eigenvalue weighted by atomic mass is 9.36. The largest absolute Gasteiger partial charge is 0.384 e. The van der Waals surface area contributed by atoms with Gasteiger partial charge in [-0.2, -0.15) is 5.26 Å². The van der Waals surface area contributed by atoms with E-state index in [1.54, 1.807) is 7.11 Å². The Morgan fingerprint density at radius 3 is 2.50 bits per heavy atom. The summed E-state index contributed by atoms with van der Waals surface area (Å²) in [4.78, 5) is 0. The smallest absolute Gasteiger partial charge is 0.0690 e. The Labute approximate surface area is 60.8 Å². The van der Waals surface area contributed by atoms with E-state index in [-0.39, 0.29) is 5.41 Å². The summed E-state index contributed by atoms with van der Waals surface area (Å²) in [5.41, 5.74) is 0.531. The van der Waals surface area contributed by atoms with Gasteiger partial charge in [-0.3, -0.25) is 0 Å². The molecule has 0 radical (unpaired) electrons. The van der Waals surface area contributed by atoms with Gasteiger partial charge in [-0.1, -0.05) is 0 Å². The third-order valence-electron chi connectivity index (χ3n) is 2.83. The fourth-order valence-corrected chi connectivity index (χ4v) is 2.58. The van der Waals surface area contributed by atoms with Gasteiger partial charge in [0.05, 0.1) is 18.1 Å². The topological polar surface area (TPSA) is 33.0 Å². The minimum Gasteiger partial charge on any atom is -0.384 e. The van der Waals surface area contributed by atoms with Crippen LogP contribution < -0.4 is 0 Å². The zero-order valence-electron chi connectivity index (χ0n) is 6.18. The van der Waals surface area contributed by atoms with Crippen molar-refractivity contribution >= 4 is 0 Å². The van der Waals surface area contributed by atoms with E-state index in [1.807, 2.05) is 0 Å². The lowest BCUT2D eigenvalue weighted by Crippen LogP contribution is -2.62. The molecule has 0 atom stereocenters. The highest BCUT2D eigenvalue weighted by Crippen LogP contribution is 2.72. The molecule has 2 nitrogen and oxygen atoms in total. The van der Waals surface area contributed by atoms with E-state index in [4.69, 9.17) is 10.00 Å². The van der Waals surface area contributed by atoms with Gasteiger partial charge in [-0.15, -0.1) is 0 Å². The molecule has 0 aromatic heterocycles. The molecule has 0 unspecified atom stereocenters. The van der Waals surface area contributed by atoms with Crippen molar-refractivity contribution in [2.24, 2.45) is 10.8 Å². The minimum absolute atomic E-state index is 0.0958. The Balaban J connectivity index is 1.93. The maximum Gasteiger partial charge on any atom is 0.0690 e. The van der Waals surface area contributed by atoms with Crippen molar-refractivity contribution in [3.63, 3.8) is 0 Å². The number of methoxy groups -OCH3 is 1. The molecule has 3 rings (SSSR count). The van der Waals surface area contributed by atoms with Crippen molar-refractivity contribution in [3.8, 4) is 6.07 Å². The van der Waals surface area contributed by atoms with Gasteiger partial charge in [0.15, 0.2) is 0 Å². The lowest BCUT2D eigenvalue weighted by Gasteiger charge is -2.66. The molecule has 0 saturated heterocycles. The molecule has 10 heavy (non-hydrogen) atoms. The maximum atomic E-state index is 8.68. The van der Waals surface area contributed by atoms with E-state index in [0.29, 0.717) is 5.41 Å². The molecule has 0 heterocycles. The van der Waals surface area contributed by atoms with E-state index in [1.165, 1.54) is 0 Å². The monoisotopic (exact) mass is 137 g/mol. The van der Waals surface area contributed by atoms with Crippen LogP contribution in [-0.4, -0.2) is 13.7 Å². The van der Waals surface area contributed by atoms with Crippen LogP contribution in [-0.2, 0) is 4.74 Å². The molecule has 2 bridgehead atoms. The third-order valence-corrected chi connectivity index (χ3v) is 2.83. The quantitative estimate of drug-likeness (QED) is 0.575. The van der Waals surface area contributed by atoms with Gasteiger partial charge in [0.25, 0.3) is 0 Å². The summed E-state index contributed by atoms with van der Waals surface area (Å²) in [5.74, 6) is 0. The molecule has 0 aromatic rings. The second-order valence-electron chi connectivity index (χ2n) is 3.86. The number of hydrogen-bond acceptors (Lipinski definition) is 2. The zero-order chi connectivity index (χ0) is 7.24. The average Bonchev–Trinajstić information content (AvgIpc) is 1.74. The highest BCUT2D eigenvalue weighted by atomic mass is 16.5. The van der Waals surface area contributed by atoms with Crippen LogP contribution in [0.5, 0.6) is 0 Å². The molecule has 0 amide bonds. The summed E-state index contributed by atoms with van der Waals surface area (Å²) < 4.78 is 5.07. The summed E-state index contributed by atoms with van der Waals surface area (Å²) in [7, 11) is 1.74. The zero-order valence-corrected chi connectivity index (χ0v) is 6.18. The molecule has 3 aliphatic rings. The lowest BCUT2D eigenvalue weighted by molar-refractivity contribution is -0.192.